The van der Waals surface area contributed by atoms with Gasteiger partial charge in [-0.15, -0.1) is 0 Å². The molecule has 1 aromatic carbocycles. The van der Waals surface area contributed by atoms with E-state index in [1.165, 1.54) is 12.8 Å². The number of hydrogen-bond acceptors (Lipinski definition) is 5. The lowest BCUT2D eigenvalue weighted by Crippen LogP contribution is -2.18. The van der Waals surface area contributed by atoms with Crippen molar-refractivity contribution in [2.24, 2.45) is 0 Å². The Bertz CT molecular complexity index is 718. The average Bonchev–Trinajstić information content (AvgIpc) is 3.09. The van der Waals surface area contributed by atoms with Crippen molar-refractivity contribution >= 4 is 0 Å². The third-order valence-electron chi connectivity index (χ3n) is 3.95. The molecule has 0 N–H and O–H groups in total. The van der Waals surface area contributed by atoms with E-state index in [2.05, 4.69) is 16.0 Å². The van der Waals surface area contributed by atoms with Crippen LogP contribution in [0.3, 0.4) is 0 Å². The SMILES string of the molecule is COc1ccc(Oc2ncccc2C#N)cc1CN1CCCC1. The average molecular weight is 309 g/mol. The number of likely N-dealkylation sites (tertiary alicyclic amines) is 1. The number of benzene rings is 1. The van der Waals surface area contributed by atoms with Gasteiger partial charge < -0.3 is 9.47 Å². The second kappa shape index (κ2) is 7.12. The summed E-state index contributed by atoms with van der Waals surface area (Å²) < 4.78 is 11.3. The second-order valence-electron chi connectivity index (χ2n) is 5.53. The second-order valence-corrected chi connectivity index (χ2v) is 5.53. The molecule has 0 saturated carbocycles. The maximum atomic E-state index is 9.13. The Labute approximate surface area is 136 Å². The van der Waals surface area contributed by atoms with E-state index >= 15 is 0 Å². The highest BCUT2D eigenvalue weighted by molar-refractivity contribution is 5.44. The van der Waals surface area contributed by atoms with Crippen LogP contribution in [0.15, 0.2) is 36.5 Å². The Morgan fingerprint density at radius 3 is 2.83 bits per heavy atom. The predicted octanol–water partition coefficient (Wildman–Crippen LogP) is 3.35. The first-order chi connectivity index (χ1) is 11.3. The van der Waals surface area contributed by atoms with Crippen LogP contribution >= 0.6 is 0 Å². The zero-order valence-electron chi connectivity index (χ0n) is 13.2. The standard InChI is InChI=1S/C18H19N3O2/c1-22-17-7-6-16(11-15(17)13-21-9-2-3-10-21)23-18-14(12-19)5-4-8-20-18/h4-8,11H,2-3,9-10,13H2,1H3. The van der Waals surface area contributed by atoms with Crippen LogP contribution in [0.2, 0.25) is 0 Å². The van der Waals surface area contributed by atoms with Gasteiger partial charge in [0.05, 0.1) is 7.11 Å². The van der Waals surface area contributed by atoms with E-state index in [4.69, 9.17) is 14.7 Å². The Morgan fingerprint density at radius 1 is 1.26 bits per heavy atom. The van der Waals surface area contributed by atoms with Crippen LogP contribution < -0.4 is 9.47 Å². The topological polar surface area (TPSA) is 58.4 Å². The van der Waals surface area contributed by atoms with Crippen molar-refractivity contribution in [3.63, 3.8) is 0 Å². The monoisotopic (exact) mass is 309 g/mol. The lowest BCUT2D eigenvalue weighted by molar-refractivity contribution is 0.320. The zero-order chi connectivity index (χ0) is 16.1. The summed E-state index contributed by atoms with van der Waals surface area (Å²) in [6.45, 7) is 3.08. The van der Waals surface area contributed by atoms with E-state index in [-0.39, 0.29) is 0 Å². The van der Waals surface area contributed by atoms with Crippen LogP contribution in [-0.4, -0.2) is 30.1 Å². The quantitative estimate of drug-likeness (QED) is 0.847. The van der Waals surface area contributed by atoms with Crippen molar-refractivity contribution in [1.29, 1.82) is 5.26 Å². The van der Waals surface area contributed by atoms with Crippen LogP contribution in [0, 0.1) is 11.3 Å². The van der Waals surface area contributed by atoms with Crippen molar-refractivity contribution in [3.8, 4) is 23.4 Å². The number of nitriles is 1. The fourth-order valence-electron chi connectivity index (χ4n) is 2.79. The smallest absolute Gasteiger partial charge is 0.237 e. The summed E-state index contributed by atoms with van der Waals surface area (Å²) in [5, 5.41) is 9.13. The van der Waals surface area contributed by atoms with E-state index in [0.29, 0.717) is 17.2 Å². The largest absolute Gasteiger partial charge is 0.496 e. The van der Waals surface area contributed by atoms with Gasteiger partial charge in [0.2, 0.25) is 5.88 Å². The van der Waals surface area contributed by atoms with Gasteiger partial charge in [0, 0.05) is 18.3 Å². The summed E-state index contributed by atoms with van der Waals surface area (Å²) in [5.41, 5.74) is 1.51. The van der Waals surface area contributed by atoms with Gasteiger partial charge in [-0.25, -0.2) is 4.98 Å². The summed E-state index contributed by atoms with van der Waals surface area (Å²) >= 11 is 0. The molecular formula is C18H19N3O2. The fraction of sp³-hybridized carbons (Fsp3) is 0.333. The predicted molar refractivity (Wildman–Crippen MR) is 86.5 cm³/mol. The minimum Gasteiger partial charge on any atom is -0.496 e. The summed E-state index contributed by atoms with van der Waals surface area (Å²) in [4.78, 5) is 6.54. The van der Waals surface area contributed by atoms with E-state index in [1.807, 2.05) is 18.2 Å². The molecule has 3 rings (SSSR count). The Hall–Kier alpha value is -2.58. The van der Waals surface area contributed by atoms with Gasteiger partial charge in [-0.1, -0.05) is 0 Å². The first-order valence-corrected chi connectivity index (χ1v) is 7.72. The van der Waals surface area contributed by atoms with E-state index in [9.17, 15) is 0 Å². The summed E-state index contributed by atoms with van der Waals surface area (Å²) in [6.07, 6.45) is 4.11. The molecule has 5 heteroatoms. The minimum atomic E-state index is 0.326. The van der Waals surface area contributed by atoms with Crippen molar-refractivity contribution in [2.75, 3.05) is 20.2 Å². The molecule has 1 saturated heterocycles. The molecule has 2 heterocycles. The van der Waals surface area contributed by atoms with Gasteiger partial charge >= 0.3 is 0 Å². The van der Waals surface area contributed by atoms with Gasteiger partial charge in [-0.05, 0) is 56.3 Å². The molecule has 23 heavy (non-hydrogen) atoms. The number of aromatic nitrogens is 1. The molecule has 2 aromatic rings. The molecule has 0 radical (unpaired) electrons. The molecule has 1 fully saturated rings. The maximum Gasteiger partial charge on any atom is 0.237 e. The molecule has 1 aliphatic heterocycles. The van der Waals surface area contributed by atoms with Gasteiger partial charge in [-0.2, -0.15) is 5.26 Å². The van der Waals surface area contributed by atoms with Crippen LogP contribution in [0.25, 0.3) is 0 Å². The fourth-order valence-corrected chi connectivity index (χ4v) is 2.79. The Morgan fingerprint density at radius 2 is 2.09 bits per heavy atom. The highest BCUT2D eigenvalue weighted by Gasteiger charge is 2.15. The number of methoxy groups -OCH3 is 1. The van der Waals surface area contributed by atoms with Crippen LogP contribution in [0.1, 0.15) is 24.0 Å². The third kappa shape index (κ3) is 3.61. The molecule has 0 aliphatic carbocycles. The summed E-state index contributed by atoms with van der Waals surface area (Å²) in [7, 11) is 1.68. The minimum absolute atomic E-state index is 0.326. The molecule has 0 unspecified atom stereocenters. The molecule has 118 valence electrons. The summed E-state index contributed by atoms with van der Waals surface area (Å²) in [5.74, 6) is 1.84. The maximum absolute atomic E-state index is 9.13. The first-order valence-electron chi connectivity index (χ1n) is 7.72. The molecule has 0 bridgehead atoms. The van der Waals surface area contributed by atoms with E-state index < -0.39 is 0 Å². The number of rotatable bonds is 5. The van der Waals surface area contributed by atoms with Crippen molar-refractivity contribution < 1.29 is 9.47 Å². The van der Waals surface area contributed by atoms with Crippen molar-refractivity contribution in [3.05, 3.63) is 47.7 Å². The number of nitrogens with zero attached hydrogens (tertiary/aromatic N) is 3. The first kappa shape index (κ1) is 15.3. The Kier molecular flexibility index (Phi) is 4.74. The van der Waals surface area contributed by atoms with Gasteiger partial charge in [0.25, 0.3) is 0 Å². The molecule has 0 atom stereocenters. The van der Waals surface area contributed by atoms with E-state index in [1.54, 1.807) is 25.4 Å². The molecular weight excluding hydrogens is 290 g/mol. The highest BCUT2D eigenvalue weighted by Crippen LogP contribution is 2.29. The molecule has 0 amide bonds. The zero-order valence-corrected chi connectivity index (χ0v) is 13.2. The normalized spacial score (nSPS) is 14.4. The lowest BCUT2D eigenvalue weighted by Gasteiger charge is -2.17. The van der Waals surface area contributed by atoms with Crippen molar-refractivity contribution in [2.45, 2.75) is 19.4 Å². The van der Waals surface area contributed by atoms with Crippen LogP contribution in [0.4, 0.5) is 0 Å². The van der Waals surface area contributed by atoms with E-state index in [0.717, 1.165) is 30.9 Å². The number of ether oxygens (including phenoxy) is 2. The van der Waals surface area contributed by atoms with Gasteiger partial charge in [0.15, 0.2) is 0 Å². The molecule has 5 nitrogen and oxygen atoms in total. The molecule has 1 aliphatic rings. The molecule has 1 aromatic heterocycles. The summed E-state index contributed by atoms with van der Waals surface area (Å²) in [6, 6.07) is 11.2. The Balaban J connectivity index is 1.83. The number of pyridine rings is 1. The van der Waals surface area contributed by atoms with Crippen LogP contribution in [0.5, 0.6) is 17.4 Å². The highest BCUT2D eigenvalue weighted by atomic mass is 16.5. The number of hydrogen-bond donors (Lipinski definition) is 0. The third-order valence-corrected chi connectivity index (χ3v) is 3.95. The lowest BCUT2D eigenvalue weighted by atomic mass is 10.1. The molecule has 0 spiro atoms. The van der Waals surface area contributed by atoms with Crippen molar-refractivity contribution in [1.82, 2.24) is 9.88 Å². The van der Waals surface area contributed by atoms with Crippen LogP contribution in [-0.2, 0) is 6.54 Å². The van der Waals surface area contributed by atoms with Gasteiger partial charge in [0.1, 0.15) is 23.1 Å². The van der Waals surface area contributed by atoms with Gasteiger partial charge in [-0.3, -0.25) is 4.90 Å².